The van der Waals surface area contributed by atoms with Crippen LogP contribution in [-0.4, -0.2) is 19.1 Å². The Bertz CT molecular complexity index is 1300. The van der Waals surface area contributed by atoms with Gasteiger partial charge in [0, 0.05) is 22.8 Å². The van der Waals surface area contributed by atoms with Crippen LogP contribution in [0.4, 0.5) is 5.69 Å². The van der Waals surface area contributed by atoms with Gasteiger partial charge in [-0.25, -0.2) is 0 Å². The Morgan fingerprint density at radius 1 is 1.09 bits per heavy atom. The molecule has 0 fully saturated rings. The van der Waals surface area contributed by atoms with Crippen molar-refractivity contribution in [1.82, 2.24) is 0 Å². The zero-order valence-electron chi connectivity index (χ0n) is 18.6. The van der Waals surface area contributed by atoms with Gasteiger partial charge in [0.1, 0.15) is 18.2 Å². The summed E-state index contributed by atoms with van der Waals surface area (Å²) in [7, 11) is 0. The van der Waals surface area contributed by atoms with Gasteiger partial charge in [-0.15, -0.1) is 0 Å². The lowest BCUT2D eigenvalue weighted by atomic mass is 10.1. The van der Waals surface area contributed by atoms with Crippen LogP contribution in [0.3, 0.4) is 0 Å². The molecule has 1 aliphatic heterocycles. The van der Waals surface area contributed by atoms with Crippen molar-refractivity contribution >= 4 is 40.9 Å². The zero-order valence-corrected chi connectivity index (χ0v) is 20.1. The maximum Gasteiger partial charge on any atom is 0.268 e. The lowest BCUT2D eigenvalue weighted by molar-refractivity contribution is -0.114. The standard InChI is InChI=1S/C27H22Cl2N2O3/c1-2-33-25-15-18(14-23(29)26(25)34-17-20-8-3-5-9-22(20)28)13-21(16-30)27(32)31-12-11-19-7-4-6-10-24(19)31/h3-10,13-15H,2,11-12,17H2,1H3/b21-13+. The first-order valence-electron chi connectivity index (χ1n) is 10.9. The summed E-state index contributed by atoms with van der Waals surface area (Å²) >= 11 is 12.8. The van der Waals surface area contributed by atoms with Gasteiger partial charge >= 0.3 is 0 Å². The van der Waals surface area contributed by atoms with Crippen LogP contribution in [0.2, 0.25) is 10.0 Å². The first-order valence-corrected chi connectivity index (χ1v) is 11.6. The predicted molar refractivity (Wildman–Crippen MR) is 134 cm³/mol. The Labute approximate surface area is 208 Å². The highest BCUT2D eigenvalue weighted by Crippen LogP contribution is 2.38. The quantitative estimate of drug-likeness (QED) is 0.280. The number of hydrogen-bond donors (Lipinski definition) is 0. The number of anilines is 1. The largest absolute Gasteiger partial charge is 0.490 e. The smallest absolute Gasteiger partial charge is 0.268 e. The van der Waals surface area contributed by atoms with Crippen LogP contribution in [0.15, 0.2) is 66.2 Å². The van der Waals surface area contributed by atoms with Crippen molar-refractivity contribution in [3.8, 4) is 17.6 Å². The third kappa shape index (κ3) is 5.04. The highest BCUT2D eigenvalue weighted by Gasteiger charge is 2.26. The Balaban J connectivity index is 1.61. The second-order valence-corrected chi connectivity index (χ2v) is 8.46. The molecule has 0 saturated carbocycles. The molecule has 1 aliphatic rings. The van der Waals surface area contributed by atoms with Gasteiger partial charge in [-0.1, -0.05) is 59.6 Å². The molecule has 0 bridgehead atoms. The normalized spacial score (nSPS) is 12.8. The molecule has 4 rings (SSSR count). The van der Waals surface area contributed by atoms with Gasteiger partial charge in [0.2, 0.25) is 0 Å². The molecule has 3 aromatic rings. The fourth-order valence-electron chi connectivity index (χ4n) is 3.84. The fourth-order valence-corrected chi connectivity index (χ4v) is 4.31. The summed E-state index contributed by atoms with van der Waals surface area (Å²) in [6, 6.07) is 20.5. The number of benzene rings is 3. The lowest BCUT2D eigenvalue weighted by Gasteiger charge is -2.17. The van der Waals surface area contributed by atoms with E-state index in [1.165, 1.54) is 6.08 Å². The van der Waals surface area contributed by atoms with Gasteiger partial charge < -0.3 is 14.4 Å². The summed E-state index contributed by atoms with van der Waals surface area (Å²) < 4.78 is 11.7. The number of halogens is 2. The molecule has 1 heterocycles. The van der Waals surface area contributed by atoms with Crippen LogP contribution >= 0.6 is 23.2 Å². The minimum Gasteiger partial charge on any atom is -0.490 e. The van der Waals surface area contributed by atoms with Crippen LogP contribution in [0, 0.1) is 11.3 Å². The number of rotatable bonds is 7. The van der Waals surface area contributed by atoms with Crippen molar-refractivity contribution in [2.75, 3.05) is 18.1 Å². The number of para-hydroxylation sites is 1. The summed E-state index contributed by atoms with van der Waals surface area (Å²) in [5, 5.41) is 10.6. The molecule has 0 spiro atoms. The molecule has 0 saturated heterocycles. The third-order valence-corrected chi connectivity index (χ3v) is 6.11. The fraction of sp³-hybridized carbons (Fsp3) is 0.185. The van der Waals surface area contributed by atoms with E-state index in [0.717, 1.165) is 23.2 Å². The summed E-state index contributed by atoms with van der Waals surface area (Å²) in [6.45, 7) is 2.99. The zero-order chi connectivity index (χ0) is 24.1. The van der Waals surface area contributed by atoms with Gasteiger partial charge in [0.05, 0.1) is 11.6 Å². The number of nitrogens with zero attached hydrogens (tertiary/aromatic N) is 2. The second-order valence-electron chi connectivity index (χ2n) is 7.65. The minimum absolute atomic E-state index is 0.0138. The highest BCUT2D eigenvalue weighted by atomic mass is 35.5. The van der Waals surface area contributed by atoms with Crippen molar-refractivity contribution in [3.05, 3.63) is 93.0 Å². The Morgan fingerprint density at radius 2 is 1.85 bits per heavy atom. The first kappa shape index (κ1) is 23.7. The molecule has 172 valence electrons. The van der Waals surface area contributed by atoms with Crippen molar-refractivity contribution in [2.24, 2.45) is 0 Å². The topological polar surface area (TPSA) is 62.6 Å². The van der Waals surface area contributed by atoms with Crippen molar-refractivity contribution < 1.29 is 14.3 Å². The number of carbonyl (C=O) groups is 1. The van der Waals surface area contributed by atoms with Crippen LogP contribution in [0.25, 0.3) is 6.08 Å². The summed E-state index contributed by atoms with van der Waals surface area (Å²) in [4.78, 5) is 14.8. The number of carbonyl (C=O) groups excluding carboxylic acids is 1. The molecule has 0 radical (unpaired) electrons. The molecular formula is C27H22Cl2N2O3. The van der Waals surface area contributed by atoms with E-state index in [1.54, 1.807) is 23.1 Å². The molecule has 0 aliphatic carbocycles. The van der Waals surface area contributed by atoms with E-state index in [4.69, 9.17) is 32.7 Å². The third-order valence-electron chi connectivity index (χ3n) is 5.46. The summed E-state index contributed by atoms with van der Waals surface area (Å²) in [6.07, 6.45) is 2.29. The average Bonchev–Trinajstić information content (AvgIpc) is 3.27. The van der Waals surface area contributed by atoms with E-state index < -0.39 is 0 Å². The van der Waals surface area contributed by atoms with Gasteiger partial charge in [-0.3, -0.25) is 4.79 Å². The minimum atomic E-state index is -0.347. The van der Waals surface area contributed by atoms with Crippen molar-refractivity contribution in [2.45, 2.75) is 20.0 Å². The number of amides is 1. The summed E-state index contributed by atoms with van der Waals surface area (Å²) in [5.74, 6) is 0.448. The first-order chi connectivity index (χ1) is 16.5. The number of nitriles is 1. The molecule has 3 aromatic carbocycles. The van der Waals surface area contributed by atoms with E-state index in [1.807, 2.05) is 55.5 Å². The van der Waals surface area contributed by atoms with Gasteiger partial charge in [0.15, 0.2) is 11.5 Å². The van der Waals surface area contributed by atoms with Crippen LogP contribution in [0.5, 0.6) is 11.5 Å². The molecular weight excluding hydrogens is 471 g/mol. The van der Waals surface area contributed by atoms with E-state index in [9.17, 15) is 10.1 Å². The second kappa shape index (κ2) is 10.6. The van der Waals surface area contributed by atoms with Gasteiger partial charge in [-0.05, 0) is 54.8 Å². The number of hydrogen-bond acceptors (Lipinski definition) is 4. The van der Waals surface area contributed by atoms with E-state index in [2.05, 4.69) is 0 Å². The maximum absolute atomic E-state index is 13.1. The molecule has 0 unspecified atom stereocenters. The van der Waals surface area contributed by atoms with E-state index in [0.29, 0.717) is 40.3 Å². The average molecular weight is 493 g/mol. The van der Waals surface area contributed by atoms with Gasteiger partial charge in [0.25, 0.3) is 5.91 Å². The van der Waals surface area contributed by atoms with Crippen molar-refractivity contribution in [1.29, 1.82) is 5.26 Å². The molecule has 0 N–H and O–H groups in total. The van der Waals surface area contributed by atoms with Gasteiger partial charge in [-0.2, -0.15) is 5.26 Å². The predicted octanol–water partition coefficient (Wildman–Crippen LogP) is 6.47. The Hall–Kier alpha value is -3.46. The Kier molecular flexibility index (Phi) is 7.42. The lowest BCUT2D eigenvalue weighted by Crippen LogP contribution is -2.29. The van der Waals surface area contributed by atoms with Crippen molar-refractivity contribution in [3.63, 3.8) is 0 Å². The van der Waals surface area contributed by atoms with Crippen LogP contribution in [0.1, 0.15) is 23.6 Å². The van der Waals surface area contributed by atoms with E-state index in [-0.39, 0.29) is 18.1 Å². The monoisotopic (exact) mass is 492 g/mol. The van der Waals surface area contributed by atoms with Crippen LogP contribution in [-0.2, 0) is 17.8 Å². The van der Waals surface area contributed by atoms with E-state index >= 15 is 0 Å². The maximum atomic E-state index is 13.1. The Morgan fingerprint density at radius 3 is 2.62 bits per heavy atom. The molecule has 34 heavy (non-hydrogen) atoms. The highest BCUT2D eigenvalue weighted by molar-refractivity contribution is 6.32. The number of ether oxygens (including phenoxy) is 2. The van der Waals surface area contributed by atoms with Crippen LogP contribution < -0.4 is 14.4 Å². The molecule has 0 atom stereocenters. The molecule has 1 amide bonds. The molecule has 7 heteroatoms. The molecule has 0 aromatic heterocycles. The number of fused-ring (bicyclic) bond motifs is 1. The SMILES string of the molecule is CCOc1cc(/C=C(\C#N)C(=O)N2CCc3ccccc32)cc(Cl)c1OCc1ccccc1Cl. The summed E-state index contributed by atoms with van der Waals surface area (Å²) in [5.41, 5.74) is 3.32. The molecule has 5 nitrogen and oxygen atoms in total.